The molecule has 0 fully saturated rings. The molecule has 0 unspecified atom stereocenters. The molecule has 0 aromatic heterocycles. The fraction of sp³-hybridized carbons (Fsp3) is 0.318. The van der Waals surface area contributed by atoms with Crippen molar-refractivity contribution in [2.24, 2.45) is 10.5 Å². The summed E-state index contributed by atoms with van der Waals surface area (Å²) in [5.41, 5.74) is 4.53. The summed E-state index contributed by atoms with van der Waals surface area (Å²) in [4.78, 5) is 2.53. The lowest BCUT2D eigenvalue weighted by Gasteiger charge is -2.32. The Morgan fingerprint density at radius 2 is 1.71 bits per heavy atom. The molecule has 0 aliphatic heterocycles. The second-order valence-electron chi connectivity index (χ2n) is 8.02. The molecule has 0 saturated heterocycles. The van der Waals surface area contributed by atoms with Crippen molar-refractivity contribution >= 4 is 33.4 Å². The number of hydrazone groups is 1. The van der Waals surface area contributed by atoms with Gasteiger partial charge in [-0.3, -0.25) is 0 Å². The summed E-state index contributed by atoms with van der Waals surface area (Å²) in [5, 5.41) is 4.75. The van der Waals surface area contributed by atoms with Gasteiger partial charge in [-0.1, -0.05) is 55.3 Å². The molecule has 1 aliphatic carbocycles. The number of rotatable bonds is 5. The van der Waals surface area contributed by atoms with Gasteiger partial charge in [-0.25, -0.2) is 4.83 Å². The summed E-state index contributed by atoms with van der Waals surface area (Å²) in [5.74, 6) is 0. The van der Waals surface area contributed by atoms with Crippen LogP contribution in [-0.2, 0) is 10.0 Å². The highest BCUT2D eigenvalue weighted by Crippen LogP contribution is 2.42. The lowest BCUT2D eigenvalue weighted by atomic mass is 9.73. The number of halogens is 1. The van der Waals surface area contributed by atoms with Crippen LogP contribution in [-0.4, -0.2) is 14.6 Å². The first-order valence-electron chi connectivity index (χ1n) is 9.26. The van der Waals surface area contributed by atoms with E-state index in [9.17, 15) is 8.42 Å². The van der Waals surface area contributed by atoms with E-state index in [1.807, 2.05) is 31.2 Å². The number of hydrogen-bond acceptors (Lipinski definition) is 3. The molecule has 2 aromatic carbocycles. The summed E-state index contributed by atoms with van der Waals surface area (Å²) in [6.45, 7) is 6.41. The smallest absolute Gasteiger partial charge is 0.200 e. The van der Waals surface area contributed by atoms with Crippen LogP contribution in [0.1, 0.15) is 44.2 Å². The van der Waals surface area contributed by atoms with Gasteiger partial charge in [0.25, 0.3) is 10.0 Å². The average molecular weight is 417 g/mol. The van der Waals surface area contributed by atoms with E-state index in [0.29, 0.717) is 5.02 Å². The molecule has 6 heteroatoms. The Bertz CT molecular complexity index is 1010. The molecular formula is C22H25ClN2O2S. The maximum atomic E-state index is 12.4. The minimum atomic E-state index is -3.68. The zero-order valence-electron chi connectivity index (χ0n) is 16.4. The van der Waals surface area contributed by atoms with Crippen molar-refractivity contribution < 1.29 is 8.42 Å². The maximum absolute atomic E-state index is 12.4. The minimum absolute atomic E-state index is 0.188. The molecule has 0 saturated carbocycles. The van der Waals surface area contributed by atoms with Crippen LogP contribution >= 0.6 is 11.6 Å². The topological polar surface area (TPSA) is 58.5 Å². The SMILES string of the molecule is Cc1ccc(S(=O)(=O)N/N=C/C2=C(c3ccc(Cl)cc3)CC(C)(C)CC2)cc1. The molecule has 148 valence electrons. The summed E-state index contributed by atoms with van der Waals surface area (Å²) >= 11 is 6.03. The highest BCUT2D eigenvalue weighted by atomic mass is 35.5. The largest absolute Gasteiger partial charge is 0.276 e. The van der Waals surface area contributed by atoms with E-state index in [4.69, 9.17) is 11.6 Å². The van der Waals surface area contributed by atoms with Crippen LogP contribution in [0.4, 0.5) is 0 Å². The van der Waals surface area contributed by atoms with Crippen molar-refractivity contribution in [1.29, 1.82) is 0 Å². The maximum Gasteiger partial charge on any atom is 0.276 e. The quantitative estimate of drug-likeness (QED) is 0.511. The predicted octanol–water partition coefficient (Wildman–Crippen LogP) is 5.58. The first-order chi connectivity index (χ1) is 13.2. The van der Waals surface area contributed by atoms with Crippen LogP contribution in [0.2, 0.25) is 5.02 Å². The molecule has 0 atom stereocenters. The molecule has 0 amide bonds. The monoisotopic (exact) mass is 416 g/mol. The normalized spacial score (nSPS) is 17.1. The van der Waals surface area contributed by atoms with E-state index in [1.165, 1.54) is 5.57 Å². The van der Waals surface area contributed by atoms with Crippen molar-refractivity contribution in [2.75, 3.05) is 0 Å². The van der Waals surface area contributed by atoms with Gasteiger partial charge < -0.3 is 0 Å². The number of aryl methyl sites for hydroxylation is 1. The molecule has 0 heterocycles. The van der Waals surface area contributed by atoms with Gasteiger partial charge in [0.2, 0.25) is 0 Å². The molecule has 1 aliphatic rings. The number of benzene rings is 2. The van der Waals surface area contributed by atoms with Crippen molar-refractivity contribution in [3.8, 4) is 0 Å². The van der Waals surface area contributed by atoms with Gasteiger partial charge in [-0.05, 0) is 72.6 Å². The van der Waals surface area contributed by atoms with E-state index in [2.05, 4.69) is 23.8 Å². The molecule has 1 N–H and O–H groups in total. The first-order valence-corrected chi connectivity index (χ1v) is 11.1. The fourth-order valence-corrected chi connectivity index (χ4v) is 4.25. The third-order valence-corrected chi connectivity index (χ3v) is 6.52. The molecule has 2 aromatic rings. The van der Waals surface area contributed by atoms with E-state index in [0.717, 1.165) is 36.0 Å². The fourth-order valence-electron chi connectivity index (χ4n) is 3.33. The highest BCUT2D eigenvalue weighted by molar-refractivity contribution is 7.89. The van der Waals surface area contributed by atoms with Crippen molar-refractivity contribution in [1.82, 2.24) is 4.83 Å². The molecule has 0 bridgehead atoms. The van der Waals surface area contributed by atoms with Crippen LogP contribution in [0.25, 0.3) is 5.57 Å². The van der Waals surface area contributed by atoms with E-state index in [-0.39, 0.29) is 10.3 Å². The van der Waals surface area contributed by atoms with Gasteiger partial charge in [-0.15, -0.1) is 0 Å². The highest BCUT2D eigenvalue weighted by Gasteiger charge is 2.27. The van der Waals surface area contributed by atoms with Gasteiger partial charge >= 0.3 is 0 Å². The van der Waals surface area contributed by atoms with Crippen molar-refractivity contribution in [2.45, 2.75) is 44.9 Å². The van der Waals surface area contributed by atoms with Gasteiger partial charge in [0, 0.05) is 5.02 Å². The number of hydrogen-bond donors (Lipinski definition) is 1. The zero-order chi connectivity index (χ0) is 20.4. The second kappa shape index (κ2) is 8.10. The van der Waals surface area contributed by atoms with Gasteiger partial charge in [0.15, 0.2) is 0 Å². The second-order valence-corrected chi connectivity index (χ2v) is 10.1. The minimum Gasteiger partial charge on any atom is -0.200 e. The van der Waals surface area contributed by atoms with E-state index in [1.54, 1.807) is 30.5 Å². The average Bonchev–Trinajstić information content (AvgIpc) is 2.63. The van der Waals surface area contributed by atoms with E-state index < -0.39 is 10.0 Å². The van der Waals surface area contributed by atoms with Crippen molar-refractivity contribution in [3.63, 3.8) is 0 Å². The third-order valence-electron chi connectivity index (χ3n) is 5.03. The number of sulfonamides is 1. The van der Waals surface area contributed by atoms with Crippen LogP contribution in [0, 0.1) is 12.3 Å². The van der Waals surface area contributed by atoms with E-state index >= 15 is 0 Å². The Balaban J connectivity index is 1.86. The lowest BCUT2D eigenvalue weighted by molar-refractivity contribution is 0.335. The number of nitrogens with one attached hydrogen (secondary N) is 1. The molecule has 4 nitrogen and oxygen atoms in total. The zero-order valence-corrected chi connectivity index (χ0v) is 17.9. The summed E-state index contributed by atoms with van der Waals surface area (Å²) in [6.07, 6.45) is 4.42. The van der Waals surface area contributed by atoms with Gasteiger partial charge in [0.1, 0.15) is 0 Å². The van der Waals surface area contributed by atoms with Crippen LogP contribution in [0.5, 0.6) is 0 Å². The predicted molar refractivity (Wildman–Crippen MR) is 116 cm³/mol. The van der Waals surface area contributed by atoms with Crippen LogP contribution < -0.4 is 4.83 Å². The number of nitrogens with zero attached hydrogens (tertiary/aromatic N) is 1. The molecular weight excluding hydrogens is 392 g/mol. The Kier molecular flexibility index (Phi) is 5.96. The Morgan fingerprint density at radius 1 is 1.07 bits per heavy atom. The Morgan fingerprint density at radius 3 is 2.36 bits per heavy atom. The summed E-state index contributed by atoms with van der Waals surface area (Å²) in [6, 6.07) is 14.4. The Hall–Kier alpha value is -2.11. The van der Waals surface area contributed by atoms with Crippen LogP contribution in [0.3, 0.4) is 0 Å². The Labute approximate surface area is 172 Å². The molecule has 3 rings (SSSR count). The molecule has 0 spiro atoms. The molecule has 0 radical (unpaired) electrons. The standard InChI is InChI=1S/C22H25ClN2O2S/c1-16-4-10-20(11-5-16)28(26,27)25-24-15-18-12-13-22(2,3)14-21(18)17-6-8-19(23)9-7-17/h4-11,15,25H,12-14H2,1-3H3/b24-15+. The van der Waals surface area contributed by atoms with Crippen LogP contribution in [0.15, 0.2) is 64.1 Å². The lowest BCUT2D eigenvalue weighted by Crippen LogP contribution is -2.21. The molecule has 28 heavy (non-hydrogen) atoms. The van der Waals surface area contributed by atoms with Crippen molar-refractivity contribution in [3.05, 3.63) is 70.3 Å². The number of allylic oxidation sites excluding steroid dienone is 2. The third kappa shape index (κ3) is 5.03. The first kappa shape index (κ1) is 20.6. The van der Waals surface area contributed by atoms with Gasteiger partial charge in [0.05, 0.1) is 11.1 Å². The summed E-state index contributed by atoms with van der Waals surface area (Å²) in [7, 11) is -3.68. The van der Waals surface area contributed by atoms with Gasteiger partial charge in [-0.2, -0.15) is 13.5 Å². The summed E-state index contributed by atoms with van der Waals surface area (Å²) < 4.78 is 24.8.